The van der Waals surface area contributed by atoms with E-state index in [1.54, 1.807) is 0 Å². The molecule has 0 aromatic rings. The lowest BCUT2D eigenvalue weighted by Gasteiger charge is -2.37. The Labute approximate surface area is 123 Å². The fourth-order valence-electron chi connectivity index (χ4n) is 3.78. The number of esters is 1. The van der Waals surface area contributed by atoms with Gasteiger partial charge in [-0.3, -0.25) is 4.79 Å². The molecule has 0 amide bonds. The first-order valence-electron chi connectivity index (χ1n) is 8.34. The van der Waals surface area contributed by atoms with Gasteiger partial charge in [-0.15, -0.1) is 0 Å². The van der Waals surface area contributed by atoms with Crippen LogP contribution in [0.15, 0.2) is 0 Å². The Morgan fingerprint density at radius 2 is 1.70 bits per heavy atom. The summed E-state index contributed by atoms with van der Waals surface area (Å²) in [7, 11) is 0. The van der Waals surface area contributed by atoms with Crippen LogP contribution in [0.1, 0.15) is 78.1 Å². The van der Waals surface area contributed by atoms with Gasteiger partial charge >= 0.3 is 5.97 Å². The van der Waals surface area contributed by atoms with Gasteiger partial charge in [0.15, 0.2) is 0 Å². The highest BCUT2D eigenvalue weighted by atomic mass is 16.5. The molecule has 20 heavy (non-hydrogen) atoms. The number of carbonyl (C=O) groups is 1. The van der Waals surface area contributed by atoms with Crippen molar-refractivity contribution in [1.82, 2.24) is 0 Å². The molecule has 2 aliphatic rings. The molecule has 2 fully saturated rings. The highest BCUT2D eigenvalue weighted by Crippen LogP contribution is 2.40. The van der Waals surface area contributed by atoms with Crippen LogP contribution in [0.4, 0.5) is 0 Å². The fourth-order valence-corrected chi connectivity index (χ4v) is 3.78. The van der Waals surface area contributed by atoms with E-state index < -0.39 is 0 Å². The summed E-state index contributed by atoms with van der Waals surface area (Å²) in [4.78, 5) is 12.2. The number of ether oxygens (including phenoxy) is 1. The standard InChI is InChI=1S/C17H31NO2/c1-16(2)10-6-14(7-11-16)20-15(19)12-17(13-18)8-4-3-5-9-17/h14H,3-13,18H2,1-2H3. The molecule has 0 bridgehead atoms. The lowest BCUT2D eigenvalue weighted by molar-refractivity contribution is -0.155. The third-order valence-corrected chi connectivity index (χ3v) is 5.45. The first-order valence-corrected chi connectivity index (χ1v) is 8.34. The molecule has 0 unspecified atom stereocenters. The molecule has 0 saturated heterocycles. The van der Waals surface area contributed by atoms with Crippen LogP contribution in [0.3, 0.4) is 0 Å². The lowest BCUT2D eigenvalue weighted by Crippen LogP contribution is -2.37. The molecule has 0 aromatic carbocycles. The smallest absolute Gasteiger partial charge is 0.306 e. The predicted octanol–water partition coefficient (Wildman–Crippen LogP) is 3.80. The number of hydrogen-bond acceptors (Lipinski definition) is 3. The summed E-state index contributed by atoms with van der Waals surface area (Å²) in [6, 6.07) is 0. The van der Waals surface area contributed by atoms with Crippen molar-refractivity contribution in [2.75, 3.05) is 6.54 Å². The lowest BCUT2D eigenvalue weighted by atomic mass is 9.72. The van der Waals surface area contributed by atoms with Crippen molar-refractivity contribution < 1.29 is 9.53 Å². The van der Waals surface area contributed by atoms with E-state index in [1.807, 2.05) is 0 Å². The summed E-state index contributed by atoms with van der Waals surface area (Å²) in [5.41, 5.74) is 6.40. The Bertz CT molecular complexity index is 322. The van der Waals surface area contributed by atoms with Crippen molar-refractivity contribution in [2.45, 2.75) is 84.2 Å². The van der Waals surface area contributed by atoms with Crippen LogP contribution in [0.2, 0.25) is 0 Å². The molecule has 2 N–H and O–H groups in total. The number of hydrogen-bond donors (Lipinski definition) is 1. The van der Waals surface area contributed by atoms with E-state index in [1.165, 1.54) is 19.3 Å². The van der Waals surface area contributed by atoms with E-state index in [0.717, 1.165) is 38.5 Å². The van der Waals surface area contributed by atoms with Crippen LogP contribution in [-0.4, -0.2) is 18.6 Å². The van der Waals surface area contributed by atoms with E-state index in [9.17, 15) is 4.79 Å². The molecule has 0 radical (unpaired) electrons. The Morgan fingerprint density at radius 3 is 2.25 bits per heavy atom. The van der Waals surface area contributed by atoms with Crippen molar-refractivity contribution in [3.05, 3.63) is 0 Å². The van der Waals surface area contributed by atoms with Gasteiger partial charge in [-0.1, -0.05) is 33.1 Å². The fraction of sp³-hybridized carbons (Fsp3) is 0.941. The second kappa shape index (κ2) is 6.46. The van der Waals surface area contributed by atoms with Crippen LogP contribution in [0, 0.1) is 10.8 Å². The molecule has 3 nitrogen and oxygen atoms in total. The van der Waals surface area contributed by atoms with Crippen molar-refractivity contribution >= 4 is 5.97 Å². The minimum atomic E-state index is -0.0120. The van der Waals surface area contributed by atoms with Crippen molar-refractivity contribution in [1.29, 1.82) is 0 Å². The molecule has 116 valence electrons. The van der Waals surface area contributed by atoms with Crippen LogP contribution in [-0.2, 0) is 9.53 Å². The van der Waals surface area contributed by atoms with Gasteiger partial charge in [0.25, 0.3) is 0 Å². The van der Waals surface area contributed by atoms with Gasteiger partial charge in [-0.25, -0.2) is 0 Å². The second-order valence-electron chi connectivity index (χ2n) is 7.79. The highest BCUT2D eigenvalue weighted by molar-refractivity contribution is 5.70. The van der Waals surface area contributed by atoms with Crippen molar-refractivity contribution in [3.63, 3.8) is 0 Å². The highest BCUT2D eigenvalue weighted by Gasteiger charge is 2.35. The van der Waals surface area contributed by atoms with Crippen LogP contribution >= 0.6 is 0 Å². The third-order valence-electron chi connectivity index (χ3n) is 5.45. The molecule has 2 rings (SSSR count). The average Bonchev–Trinajstić information content (AvgIpc) is 2.42. The first-order chi connectivity index (χ1) is 9.45. The summed E-state index contributed by atoms with van der Waals surface area (Å²) in [5, 5.41) is 0. The van der Waals surface area contributed by atoms with Gasteiger partial charge in [0.2, 0.25) is 0 Å². The molecule has 0 spiro atoms. The Morgan fingerprint density at radius 1 is 1.10 bits per heavy atom. The summed E-state index contributed by atoms with van der Waals surface area (Å²) < 4.78 is 5.72. The number of carbonyl (C=O) groups excluding carboxylic acids is 1. The maximum absolute atomic E-state index is 12.2. The zero-order valence-corrected chi connectivity index (χ0v) is 13.2. The Balaban J connectivity index is 1.80. The van der Waals surface area contributed by atoms with Crippen molar-refractivity contribution in [3.8, 4) is 0 Å². The second-order valence-corrected chi connectivity index (χ2v) is 7.79. The molecule has 0 aliphatic heterocycles. The molecule has 0 atom stereocenters. The topological polar surface area (TPSA) is 52.3 Å². The molecule has 2 saturated carbocycles. The minimum Gasteiger partial charge on any atom is -0.462 e. The average molecular weight is 281 g/mol. The zero-order valence-electron chi connectivity index (χ0n) is 13.2. The predicted molar refractivity (Wildman–Crippen MR) is 81.3 cm³/mol. The summed E-state index contributed by atoms with van der Waals surface area (Å²) in [5.74, 6) is -0.0120. The van der Waals surface area contributed by atoms with Gasteiger partial charge in [-0.2, -0.15) is 0 Å². The van der Waals surface area contributed by atoms with E-state index in [4.69, 9.17) is 10.5 Å². The normalized spacial score (nSPS) is 26.1. The monoisotopic (exact) mass is 281 g/mol. The number of nitrogens with two attached hydrogens (primary N) is 1. The molecular formula is C17H31NO2. The Hall–Kier alpha value is -0.570. The van der Waals surface area contributed by atoms with Crippen LogP contribution in [0.25, 0.3) is 0 Å². The van der Waals surface area contributed by atoms with E-state index in [-0.39, 0.29) is 17.5 Å². The maximum atomic E-state index is 12.2. The maximum Gasteiger partial charge on any atom is 0.306 e. The van der Waals surface area contributed by atoms with Crippen molar-refractivity contribution in [2.24, 2.45) is 16.6 Å². The van der Waals surface area contributed by atoms with Crippen LogP contribution < -0.4 is 5.73 Å². The molecule has 0 aromatic heterocycles. The molecule has 3 heteroatoms. The molecule has 2 aliphatic carbocycles. The zero-order chi connectivity index (χ0) is 14.6. The summed E-state index contributed by atoms with van der Waals surface area (Å²) in [6.07, 6.45) is 10.9. The van der Waals surface area contributed by atoms with Crippen LogP contribution in [0.5, 0.6) is 0 Å². The van der Waals surface area contributed by atoms with E-state index in [2.05, 4.69) is 13.8 Å². The summed E-state index contributed by atoms with van der Waals surface area (Å²) in [6.45, 7) is 5.23. The quantitative estimate of drug-likeness (QED) is 0.797. The Kier molecular flexibility index (Phi) is 5.11. The molecular weight excluding hydrogens is 250 g/mol. The van der Waals surface area contributed by atoms with Gasteiger partial charge < -0.3 is 10.5 Å². The van der Waals surface area contributed by atoms with E-state index in [0.29, 0.717) is 18.4 Å². The van der Waals surface area contributed by atoms with Gasteiger partial charge in [0.05, 0.1) is 6.42 Å². The summed E-state index contributed by atoms with van der Waals surface area (Å²) >= 11 is 0. The minimum absolute atomic E-state index is 0.0120. The largest absolute Gasteiger partial charge is 0.462 e. The number of rotatable bonds is 4. The van der Waals surface area contributed by atoms with E-state index >= 15 is 0 Å². The van der Waals surface area contributed by atoms with Gasteiger partial charge in [-0.05, 0) is 55.9 Å². The molecule has 0 heterocycles. The van der Waals surface area contributed by atoms with Gasteiger partial charge in [0.1, 0.15) is 6.10 Å². The third kappa shape index (κ3) is 4.21. The SMILES string of the molecule is CC1(C)CCC(OC(=O)CC2(CN)CCCCC2)CC1. The first kappa shape index (κ1) is 15.8. The van der Waals surface area contributed by atoms with Gasteiger partial charge in [0, 0.05) is 0 Å².